The summed E-state index contributed by atoms with van der Waals surface area (Å²) in [6.07, 6.45) is -1.55. The smallest absolute Gasteiger partial charge is 0.245 e. The van der Waals surface area contributed by atoms with Gasteiger partial charge < -0.3 is 35.6 Å². The maximum atomic E-state index is 14.2. The highest BCUT2D eigenvalue weighted by Gasteiger charge is 2.39. The van der Waals surface area contributed by atoms with E-state index in [1.54, 1.807) is 11.6 Å². The Balaban J connectivity index is 1.48. The van der Waals surface area contributed by atoms with Crippen molar-refractivity contribution in [3.63, 3.8) is 0 Å². The third kappa shape index (κ3) is 9.71. The number of aromatic nitrogens is 2. The van der Waals surface area contributed by atoms with Crippen molar-refractivity contribution in [1.29, 1.82) is 0 Å². The van der Waals surface area contributed by atoms with Gasteiger partial charge >= 0.3 is 0 Å². The Morgan fingerprint density at radius 1 is 0.944 bits per heavy atom. The van der Waals surface area contributed by atoms with Crippen LogP contribution in [0.4, 0.5) is 0 Å². The minimum Gasteiger partial charge on any atom is -0.388 e. The van der Waals surface area contributed by atoms with Crippen LogP contribution in [0.5, 0.6) is 0 Å². The molecule has 5 amide bonds. The molecule has 0 aliphatic carbocycles. The van der Waals surface area contributed by atoms with Crippen molar-refractivity contribution in [2.24, 2.45) is 5.92 Å². The molecule has 3 heterocycles. The van der Waals surface area contributed by atoms with Gasteiger partial charge in [-0.25, -0.2) is 4.68 Å². The molecule has 290 valence electrons. The normalized spacial score (nSPS) is 24.8. The molecule has 4 N–H and O–H groups in total. The molecule has 14 nitrogen and oxygen atoms in total. The summed E-state index contributed by atoms with van der Waals surface area (Å²) >= 11 is 0. The Morgan fingerprint density at radius 3 is 2.28 bits per heavy atom. The number of likely N-dealkylation sites (N-methyl/N-ethyl adjacent to an activating group) is 1. The fourth-order valence-corrected chi connectivity index (χ4v) is 7.03. The molecule has 0 saturated carbocycles. The molecule has 2 saturated heterocycles. The van der Waals surface area contributed by atoms with E-state index in [1.807, 2.05) is 88.4 Å². The standard InChI is InChI=1S/C40H53N7O7/c1-24(2)19-33-40(53)45(6)27(5)38(51)43-32(20-28-13-9-7-10-14-28)39(52)42-31-17-18-54-34(37(31)50)22-46(23-35(48)41-33)36(49)21-30-25(3)44-47(26(30)4)29-15-11-8-12-16-29/h7-16,24,27,31-34,37,50H,17-23H2,1-6H3,(H,41,48)(H,42,52)(H,43,51)/t27-,31-,32-,33+,34+,37-/m0/s1. The Kier molecular flexibility index (Phi) is 13.2. The minimum absolute atomic E-state index is 0.00241. The summed E-state index contributed by atoms with van der Waals surface area (Å²) in [7, 11) is 1.49. The number of benzene rings is 2. The van der Waals surface area contributed by atoms with E-state index in [9.17, 15) is 29.1 Å². The van der Waals surface area contributed by atoms with Crippen LogP contribution in [-0.2, 0) is 41.6 Å². The lowest BCUT2D eigenvalue weighted by Crippen LogP contribution is -2.60. The summed E-state index contributed by atoms with van der Waals surface area (Å²) in [6, 6.07) is 15.0. The number of aliphatic hydroxyl groups is 1. The molecular weight excluding hydrogens is 690 g/mol. The van der Waals surface area contributed by atoms with E-state index in [0.717, 1.165) is 16.9 Å². The van der Waals surface area contributed by atoms with Crippen LogP contribution < -0.4 is 16.0 Å². The number of ether oxygens (including phenoxy) is 1. The Labute approximate surface area is 316 Å². The van der Waals surface area contributed by atoms with Crippen LogP contribution in [0.3, 0.4) is 0 Å². The minimum atomic E-state index is -1.24. The summed E-state index contributed by atoms with van der Waals surface area (Å²) in [4.78, 5) is 72.1. The lowest BCUT2D eigenvalue weighted by Gasteiger charge is -2.38. The Bertz CT molecular complexity index is 1800. The molecule has 3 aromatic rings. The SMILES string of the molecule is Cc1nn(-c2ccccc2)c(C)c1CC(=O)N1CC(=O)N[C@H](CC(C)C)C(=O)N(C)[C@@H](C)C(=O)N[C@@H](Cc2ccccc2)C(=O)N[C@H]2CCO[C@H](C1)[C@H]2O. The van der Waals surface area contributed by atoms with Crippen molar-refractivity contribution >= 4 is 29.5 Å². The van der Waals surface area contributed by atoms with Gasteiger partial charge in [-0.2, -0.15) is 5.10 Å². The van der Waals surface area contributed by atoms with Crippen LogP contribution in [0.1, 0.15) is 56.1 Å². The second-order valence-corrected chi connectivity index (χ2v) is 14.8. The van der Waals surface area contributed by atoms with E-state index in [4.69, 9.17) is 4.74 Å². The average molecular weight is 744 g/mol. The van der Waals surface area contributed by atoms with E-state index in [1.165, 1.54) is 16.8 Å². The van der Waals surface area contributed by atoms with Crippen LogP contribution in [0, 0.1) is 19.8 Å². The Hall–Kier alpha value is -5.08. The van der Waals surface area contributed by atoms with Gasteiger partial charge in [0.05, 0.1) is 36.9 Å². The second kappa shape index (κ2) is 17.8. The van der Waals surface area contributed by atoms with Crippen molar-refractivity contribution < 1.29 is 33.8 Å². The zero-order valence-corrected chi connectivity index (χ0v) is 32.0. The highest BCUT2D eigenvalue weighted by atomic mass is 16.5. The predicted molar refractivity (Wildman–Crippen MR) is 201 cm³/mol. The van der Waals surface area contributed by atoms with Crippen LogP contribution in [0.25, 0.3) is 5.69 Å². The number of carbonyl (C=O) groups excluding carboxylic acids is 5. The number of nitrogens with one attached hydrogen (secondary N) is 3. The molecular formula is C40H53N7O7. The summed E-state index contributed by atoms with van der Waals surface area (Å²) < 4.78 is 7.75. The molecule has 0 spiro atoms. The number of fused-ring (bicyclic) bond motifs is 2. The molecule has 2 aliphatic rings. The molecule has 54 heavy (non-hydrogen) atoms. The number of hydrogen-bond donors (Lipinski definition) is 4. The van der Waals surface area contributed by atoms with Crippen molar-refractivity contribution in [1.82, 2.24) is 35.5 Å². The highest BCUT2D eigenvalue weighted by Crippen LogP contribution is 2.22. The van der Waals surface area contributed by atoms with Crippen LogP contribution >= 0.6 is 0 Å². The number of nitrogens with zero attached hydrogens (tertiary/aromatic N) is 4. The largest absolute Gasteiger partial charge is 0.388 e. The van der Waals surface area contributed by atoms with Crippen molar-refractivity contribution in [2.75, 3.05) is 26.7 Å². The first-order valence-electron chi connectivity index (χ1n) is 18.6. The quantitative estimate of drug-likeness (QED) is 0.283. The summed E-state index contributed by atoms with van der Waals surface area (Å²) in [5, 5.41) is 24.8. The lowest BCUT2D eigenvalue weighted by atomic mass is 9.97. The van der Waals surface area contributed by atoms with Gasteiger partial charge in [0.1, 0.15) is 30.3 Å². The number of aryl methyl sites for hydroxylation is 1. The third-order valence-corrected chi connectivity index (χ3v) is 10.3. The Morgan fingerprint density at radius 2 is 1.61 bits per heavy atom. The van der Waals surface area contributed by atoms with E-state index in [-0.39, 0.29) is 44.8 Å². The number of rotatable bonds is 7. The maximum absolute atomic E-state index is 14.2. The van der Waals surface area contributed by atoms with Crippen LogP contribution in [0.15, 0.2) is 60.7 Å². The zero-order chi connectivity index (χ0) is 39.1. The van der Waals surface area contributed by atoms with Gasteiger partial charge in [-0.1, -0.05) is 62.4 Å². The molecule has 2 aromatic carbocycles. The molecule has 14 heteroatoms. The number of para-hydroxylation sites is 1. The van der Waals surface area contributed by atoms with Crippen LogP contribution in [0.2, 0.25) is 0 Å². The van der Waals surface area contributed by atoms with Crippen molar-refractivity contribution in [3.8, 4) is 5.69 Å². The molecule has 2 bridgehead atoms. The second-order valence-electron chi connectivity index (χ2n) is 14.8. The van der Waals surface area contributed by atoms with Gasteiger partial charge in [0.15, 0.2) is 0 Å². The van der Waals surface area contributed by atoms with E-state index < -0.39 is 72.5 Å². The van der Waals surface area contributed by atoms with Crippen molar-refractivity contribution in [3.05, 3.63) is 83.2 Å². The first-order chi connectivity index (χ1) is 25.7. The molecule has 5 rings (SSSR count). The first kappa shape index (κ1) is 40.1. The number of amides is 5. The van der Waals surface area contributed by atoms with E-state index in [0.29, 0.717) is 11.3 Å². The average Bonchev–Trinajstić information content (AvgIpc) is 3.43. The van der Waals surface area contributed by atoms with Gasteiger partial charge in [0.25, 0.3) is 0 Å². The number of aliphatic hydroxyl groups excluding tert-OH is 1. The maximum Gasteiger partial charge on any atom is 0.245 e. The van der Waals surface area contributed by atoms with Gasteiger partial charge in [-0.3, -0.25) is 24.0 Å². The van der Waals surface area contributed by atoms with E-state index >= 15 is 0 Å². The van der Waals surface area contributed by atoms with Gasteiger partial charge in [-0.05, 0) is 57.2 Å². The van der Waals surface area contributed by atoms with Crippen LogP contribution in [-0.4, -0.2) is 117 Å². The molecule has 6 atom stereocenters. The van der Waals surface area contributed by atoms with Crippen molar-refractivity contribution in [2.45, 2.75) is 96.7 Å². The first-order valence-corrected chi connectivity index (χ1v) is 18.6. The topological polar surface area (TPSA) is 175 Å². The van der Waals surface area contributed by atoms with E-state index in [2.05, 4.69) is 21.0 Å². The molecule has 0 unspecified atom stereocenters. The fraction of sp³-hybridized carbons (Fsp3) is 0.500. The summed E-state index contributed by atoms with van der Waals surface area (Å²) in [6.45, 7) is 8.69. The predicted octanol–water partition coefficient (Wildman–Crippen LogP) is 1.61. The monoisotopic (exact) mass is 743 g/mol. The molecule has 1 aromatic heterocycles. The zero-order valence-electron chi connectivity index (χ0n) is 32.0. The molecule has 0 radical (unpaired) electrons. The lowest BCUT2D eigenvalue weighted by molar-refractivity contribution is -0.145. The summed E-state index contributed by atoms with van der Waals surface area (Å²) in [5.41, 5.74) is 3.77. The van der Waals surface area contributed by atoms with Gasteiger partial charge in [0, 0.05) is 31.3 Å². The van der Waals surface area contributed by atoms with Gasteiger partial charge in [0.2, 0.25) is 29.5 Å². The van der Waals surface area contributed by atoms with Gasteiger partial charge in [-0.15, -0.1) is 0 Å². The molecule has 2 fully saturated rings. The number of carbonyl (C=O) groups is 5. The highest BCUT2D eigenvalue weighted by molar-refractivity contribution is 5.95. The molecule has 2 aliphatic heterocycles. The summed E-state index contributed by atoms with van der Waals surface area (Å²) in [5.74, 6) is -2.53. The fourth-order valence-electron chi connectivity index (χ4n) is 7.03. The number of hydrogen-bond acceptors (Lipinski definition) is 8. The third-order valence-electron chi connectivity index (χ3n) is 10.3.